The zero-order valence-electron chi connectivity index (χ0n) is 21.4. The summed E-state index contributed by atoms with van der Waals surface area (Å²) in [5, 5.41) is 27.5. The molecule has 1 fully saturated rings. The van der Waals surface area contributed by atoms with Crippen molar-refractivity contribution >= 4 is 5.78 Å². The Morgan fingerprint density at radius 2 is 1.87 bits per heavy atom. The molecule has 196 valence electrons. The van der Waals surface area contributed by atoms with Gasteiger partial charge in [0, 0.05) is 43.9 Å². The maximum Gasteiger partial charge on any atom is 0.192 e. The second-order valence-electron chi connectivity index (χ2n) is 9.88. The molecular formula is C28H32N8O2. The minimum Gasteiger partial charge on any atom is -0.508 e. The van der Waals surface area contributed by atoms with E-state index in [0.717, 1.165) is 49.4 Å². The lowest BCUT2D eigenvalue weighted by Crippen LogP contribution is -2.57. The average molecular weight is 513 g/mol. The van der Waals surface area contributed by atoms with Gasteiger partial charge in [-0.15, -0.1) is 10.2 Å². The maximum atomic E-state index is 12.8. The Hall–Kier alpha value is -3.89. The minimum absolute atomic E-state index is 0.0828. The molecule has 0 amide bonds. The third-order valence-corrected chi connectivity index (χ3v) is 7.00. The zero-order valence-corrected chi connectivity index (χ0v) is 21.4. The number of hydrogen-bond acceptors (Lipinski definition) is 10. The zero-order chi connectivity index (χ0) is 26.3. The quantitative estimate of drug-likeness (QED) is 0.417. The molecule has 0 unspecified atom stereocenters. The molecule has 0 radical (unpaired) electrons. The van der Waals surface area contributed by atoms with Crippen molar-refractivity contribution in [3.63, 3.8) is 0 Å². The number of aryl methyl sites for hydroxylation is 2. The number of Topliss-reactive ketones (excluding diaryl/α,β-unsaturated/α-hetero) is 1. The molecular weight excluding hydrogens is 480 g/mol. The molecule has 1 aromatic heterocycles. The van der Waals surface area contributed by atoms with Gasteiger partial charge in [-0.3, -0.25) is 9.69 Å². The highest BCUT2D eigenvalue weighted by Crippen LogP contribution is 2.22. The number of carbonyl (C=O) groups excluding carboxylic acids is 1. The molecule has 2 atom stereocenters. The molecule has 10 nitrogen and oxygen atoms in total. The summed E-state index contributed by atoms with van der Waals surface area (Å²) in [7, 11) is 0. The van der Waals surface area contributed by atoms with Gasteiger partial charge in [0.25, 0.3) is 0 Å². The van der Waals surface area contributed by atoms with E-state index in [2.05, 4.69) is 67.1 Å². The van der Waals surface area contributed by atoms with Crippen LogP contribution in [-0.4, -0.2) is 57.1 Å². The predicted octanol–water partition coefficient (Wildman–Crippen LogP) is 4.31. The van der Waals surface area contributed by atoms with Crippen LogP contribution in [0.15, 0.2) is 81.5 Å². The SMILES string of the molecule is C[C@H]1CN[C@@H](C(=O)CC2N=NN=N2)CN1Cc1cccc(-c2ccnc(CCCc3ccc(O)cc3)n2)c1. The molecule has 2 aromatic carbocycles. The van der Waals surface area contributed by atoms with Crippen molar-refractivity contribution in [3.05, 3.63) is 77.7 Å². The van der Waals surface area contributed by atoms with Gasteiger partial charge in [0.15, 0.2) is 11.9 Å². The third kappa shape index (κ3) is 6.70. The van der Waals surface area contributed by atoms with Crippen LogP contribution in [-0.2, 0) is 24.2 Å². The van der Waals surface area contributed by atoms with Crippen molar-refractivity contribution in [1.82, 2.24) is 20.2 Å². The van der Waals surface area contributed by atoms with Gasteiger partial charge < -0.3 is 10.4 Å². The number of aromatic nitrogens is 2. The topological polar surface area (TPSA) is 128 Å². The smallest absolute Gasteiger partial charge is 0.192 e. The van der Waals surface area contributed by atoms with Crippen LogP contribution in [0.4, 0.5) is 0 Å². The maximum absolute atomic E-state index is 12.8. The second kappa shape index (κ2) is 12.1. The van der Waals surface area contributed by atoms with Crippen LogP contribution in [0.25, 0.3) is 11.3 Å². The summed E-state index contributed by atoms with van der Waals surface area (Å²) in [5.41, 5.74) is 4.32. The number of carbonyl (C=O) groups is 1. The van der Waals surface area contributed by atoms with Crippen LogP contribution < -0.4 is 5.32 Å². The van der Waals surface area contributed by atoms with E-state index in [0.29, 0.717) is 12.6 Å². The lowest BCUT2D eigenvalue weighted by molar-refractivity contribution is -0.122. The number of aromatic hydroxyl groups is 1. The Labute approximate surface area is 221 Å². The van der Waals surface area contributed by atoms with Gasteiger partial charge in [-0.2, -0.15) is 0 Å². The second-order valence-corrected chi connectivity index (χ2v) is 9.88. The third-order valence-electron chi connectivity index (χ3n) is 7.00. The molecule has 2 N–H and O–H groups in total. The number of rotatable bonds is 10. The molecule has 38 heavy (non-hydrogen) atoms. The first-order valence-corrected chi connectivity index (χ1v) is 13.0. The number of hydrogen-bond donors (Lipinski definition) is 2. The summed E-state index contributed by atoms with van der Waals surface area (Å²) in [6, 6.07) is 17.7. The number of nitrogens with one attached hydrogen (secondary N) is 1. The summed E-state index contributed by atoms with van der Waals surface area (Å²) < 4.78 is 0. The Bertz CT molecular complexity index is 1300. The fourth-order valence-corrected chi connectivity index (χ4v) is 4.81. The normalized spacial score (nSPS) is 19.7. The van der Waals surface area contributed by atoms with Gasteiger partial charge in [0.1, 0.15) is 11.6 Å². The van der Waals surface area contributed by atoms with E-state index < -0.39 is 6.17 Å². The molecule has 0 saturated carbocycles. The summed E-state index contributed by atoms with van der Waals surface area (Å²) in [4.78, 5) is 24.4. The first kappa shape index (κ1) is 25.7. The lowest BCUT2D eigenvalue weighted by atomic mass is 10.0. The Kier molecular flexibility index (Phi) is 8.20. The first-order valence-electron chi connectivity index (χ1n) is 13.0. The number of nitrogens with zero attached hydrogens (tertiary/aromatic N) is 7. The van der Waals surface area contributed by atoms with Crippen LogP contribution in [0.2, 0.25) is 0 Å². The molecule has 3 aromatic rings. The van der Waals surface area contributed by atoms with Crippen LogP contribution in [0.5, 0.6) is 5.75 Å². The molecule has 2 aliphatic rings. The van der Waals surface area contributed by atoms with Crippen molar-refractivity contribution in [2.45, 2.75) is 57.4 Å². The number of benzene rings is 2. The molecule has 1 saturated heterocycles. The van der Waals surface area contributed by atoms with Crippen molar-refractivity contribution in [2.24, 2.45) is 20.7 Å². The Balaban J connectivity index is 1.20. The van der Waals surface area contributed by atoms with Crippen molar-refractivity contribution in [2.75, 3.05) is 13.1 Å². The summed E-state index contributed by atoms with van der Waals surface area (Å²) in [6.07, 6.45) is 4.17. The van der Waals surface area contributed by atoms with Crippen molar-refractivity contribution in [1.29, 1.82) is 0 Å². The van der Waals surface area contributed by atoms with Gasteiger partial charge in [-0.1, -0.05) is 30.3 Å². The average Bonchev–Trinajstić information content (AvgIpc) is 3.44. The molecule has 10 heteroatoms. The van der Waals surface area contributed by atoms with Gasteiger partial charge in [0.2, 0.25) is 0 Å². The van der Waals surface area contributed by atoms with Crippen LogP contribution in [0.1, 0.15) is 36.7 Å². The largest absolute Gasteiger partial charge is 0.508 e. The first-order chi connectivity index (χ1) is 18.5. The number of piperazine rings is 1. The van der Waals surface area contributed by atoms with Gasteiger partial charge in [-0.25, -0.2) is 9.97 Å². The minimum atomic E-state index is -0.487. The molecule has 3 heterocycles. The number of ketones is 1. The van der Waals surface area contributed by atoms with Crippen LogP contribution in [0.3, 0.4) is 0 Å². The fourth-order valence-electron chi connectivity index (χ4n) is 4.81. The van der Waals surface area contributed by atoms with Crippen molar-refractivity contribution in [3.8, 4) is 17.0 Å². The number of phenolic OH excluding ortho intramolecular Hbond substituents is 1. The summed E-state index contributed by atoms with van der Waals surface area (Å²) in [5.74, 6) is 1.19. The summed E-state index contributed by atoms with van der Waals surface area (Å²) in [6.45, 7) is 4.28. The standard InChI is InChI=1S/C28H32N8O2/c1-19-16-30-25(26(38)15-28-32-34-35-33-28)18-36(19)17-21-5-2-6-22(14-21)24-12-13-29-27(31-24)7-3-4-20-8-10-23(37)11-9-20/h2,5-6,8-14,19,25,28,30,37H,3-4,7,15-18H2,1H3/t19-,25+/m0/s1. The monoisotopic (exact) mass is 512 g/mol. The highest BCUT2D eigenvalue weighted by Gasteiger charge is 2.31. The van der Waals surface area contributed by atoms with E-state index in [1.165, 1.54) is 11.1 Å². The lowest BCUT2D eigenvalue weighted by Gasteiger charge is -2.38. The Morgan fingerprint density at radius 1 is 1.05 bits per heavy atom. The van der Waals surface area contributed by atoms with E-state index in [-0.39, 0.29) is 24.0 Å². The van der Waals surface area contributed by atoms with Crippen LogP contribution in [0, 0.1) is 0 Å². The van der Waals surface area contributed by atoms with Gasteiger partial charge in [-0.05, 0) is 65.6 Å². The molecule has 0 spiro atoms. The highest BCUT2D eigenvalue weighted by atomic mass is 16.3. The van der Waals surface area contributed by atoms with E-state index in [9.17, 15) is 9.90 Å². The fraction of sp³-hybridized carbons (Fsp3) is 0.393. The summed E-state index contributed by atoms with van der Waals surface area (Å²) >= 11 is 0. The van der Waals surface area contributed by atoms with Crippen molar-refractivity contribution < 1.29 is 9.90 Å². The number of phenols is 1. The molecule has 5 rings (SSSR count). The van der Waals surface area contributed by atoms with Gasteiger partial charge >= 0.3 is 0 Å². The van der Waals surface area contributed by atoms with Crippen LogP contribution >= 0.6 is 0 Å². The van der Waals surface area contributed by atoms with E-state index in [1.54, 1.807) is 12.1 Å². The molecule has 2 aliphatic heterocycles. The predicted molar refractivity (Wildman–Crippen MR) is 142 cm³/mol. The molecule has 0 aliphatic carbocycles. The van der Waals surface area contributed by atoms with E-state index in [1.807, 2.05) is 24.4 Å². The van der Waals surface area contributed by atoms with Gasteiger partial charge in [0.05, 0.1) is 18.2 Å². The highest BCUT2D eigenvalue weighted by molar-refractivity contribution is 5.85. The van der Waals surface area contributed by atoms with E-state index >= 15 is 0 Å². The Morgan fingerprint density at radius 3 is 2.68 bits per heavy atom. The van der Waals surface area contributed by atoms with E-state index in [4.69, 9.17) is 4.98 Å². The molecule has 0 bridgehead atoms.